The molecule has 1 aliphatic heterocycles. The summed E-state index contributed by atoms with van der Waals surface area (Å²) in [6, 6.07) is 0. The Balaban J connectivity index is 1.94. The molecule has 0 radical (unpaired) electrons. The van der Waals surface area contributed by atoms with E-state index in [2.05, 4.69) is 49.0 Å². The van der Waals surface area contributed by atoms with Crippen LogP contribution in [0.25, 0.3) is 0 Å². The Kier molecular flexibility index (Phi) is 18.1. The van der Waals surface area contributed by atoms with Gasteiger partial charge in [0.15, 0.2) is 6.17 Å². The van der Waals surface area contributed by atoms with Gasteiger partial charge in [-0.3, -0.25) is 9.28 Å². The average Bonchev–Trinajstić information content (AvgIpc) is 3.21. The summed E-state index contributed by atoms with van der Waals surface area (Å²) in [5, 5.41) is 6.52. The maximum absolute atomic E-state index is 11.2. The van der Waals surface area contributed by atoms with Gasteiger partial charge in [0.25, 0.3) is 0 Å². The fourth-order valence-corrected chi connectivity index (χ4v) is 4.99. The molecule has 0 spiro atoms. The van der Waals surface area contributed by atoms with Gasteiger partial charge in [0.05, 0.1) is 19.3 Å². The van der Waals surface area contributed by atoms with E-state index in [1.165, 1.54) is 109 Å². The topological polar surface area (TPSA) is 41.1 Å². The summed E-state index contributed by atoms with van der Waals surface area (Å²) in [6.45, 7) is 8.92. The Morgan fingerprint density at radius 3 is 1.94 bits per heavy atom. The van der Waals surface area contributed by atoms with E-state index in [9.17, 15) is 4.79 Å². The molecule has 0 aromatic carbocycles. The minimum Gasteiger partial charge on any atom is -0.351 e. The van der Waals surface area contributed by atoms with Gasteiger partial charge < -0.3 is 10.6 Å². The number of carbonyl (C=O) groups is 1. The lowest BCUT2D eigenvalue weighted by molar-refractivity contribution is -0.898. The Morgan fingerprint density at radius 2 is 1.39 bits per heavy atom. The highest BCUT2D eigenvalue weighted by atomic mass is 16.1. The van der Waals surface area contributed by atoms with Crippen molar-refractivity contribution >= 4 is 5.91 Å². The number of hydrogen-bond donors (Lipinski definition) is 2. The Bertz CT molecular complexity index is 531. The van der Waals surface area contributed by atoms with E-state index >= 15 is 0 Å². The lowest BCUT2D eigenvalue weighted by Gasteiger charge is -2.37. The number of allylic oxidation sites excluding steroid dienone is 2. The van der Waals surface area contributed by atoms with Crippen LogP contribution in [0.5, 0.6) is 0 Å². The highest BCUT2D eigenvalue weighted by Crippen LogP contribution is 2.23. The number of nitrogens with one attached hydrogen (secondary N) is 2. The van der Waals surface area contributed by atoms with Gasteiger partial charge >= 0.3 is 0 Å². The van der Waals surface area contributed by atoms with Crippen LogP contribution < -0.4 is 10.6 Å². The monoisotopic (exact) mass is 462 g/mol. The fourth-order valence-electron chi connectivity index (χ4n) is 4.99. The maximum atomic E-state index is 11.2. The third-order valence-corrected chi connectivity index (χ3v) is 7.26. The third-order valence-electron chi connectivity index (χ3n) is 7.26. The molecule has 2 atom stereocenters. The molecule has 0 saturated heterocycles. The summed E-state index contributed by atoms with van der Waals surface area (Å²) in [5.41, 5.74) is 0. The molecule has 1 rings (SSSR count). The highest BCUT2D eigenvalue weighted by Gasteiger charge is 2.36. The SMILES string of the molecule is CCCCCCCCCCC/C=C/CCCCCCCC1NC=C[N+]1(CC)CCNC(C)=O. The van der Waals surface area contributed by atoms with Crippen molar-refractivity contribution in [3.63, 3.8) is 0 Å². The molecule has 0 bridgehead atoms. The second kappa shape index (κ2) is 20.1. The van der Waals surface area contributed by atoms with E-state index in [0.29, 0.717) is 6.17 Å². The number of quaternary nitrogens is 1. The molecule has 0 aromatic heterocycles. The lowest BCUT2D eigenvalue weighted by Crippen LogP contribution is -2.55. The van der Waals surface area contributed by atoms with Crippen molar-refractivity contribution in [2.45, 2.75) is 136 Å². The summed E-state index contributed by atoms with van der Waals surface area (Å²) in [7, 11) is 0. The molecule has 4 nitrogen and oxygen atoms in total. The number of rotatable bonds is 22. The average molecular weight is 463 g/mol. The number of likely N-dealkylation sites (N-methyl/N-ethyl adjacent to an activating group) is 1. The minimum absolute atomic E-state index is 0.0651. The molecule has 0 saturated carbocycles. The second-order valence-corrected chi connectivity index (χ2v) is 10.1. The first-order valence-corrected chi connectivity index (χ1v) is 14.3. The van der Waals surface area contributed by atoms with Gasteiger partial charge in [-0.2, -0.15) is 0 Å². The van der Waals surface area contributed by atoms with Gasteiger partial charge in [0, 0.05) is 13.3 Å². The van der Waals surface area contributed by atoms with E-state index in [1.54, 1.807) is 6.92 Å². The molecule has 0 aromatic rings. The van der Waals surface area contributed by atoms with Crippen molar-refractivity contribution in [1.29, 1.82) is 0 Å². The van der Waals surface area contributed by atoms with Crippen molar-refractivity contribution in [3.8, 4) is 0 Å². The lowest BCUT2D eigenvalue weighted by atomic mass is 10.1. The molecule has 1 aliphatic rings. The summed E-state index contributed by atoms with van der Waals surface area (Å²) < 4.78 is 0.948. The smallest absolute Gasteiger partial charge is 0.217 e. The molecule has 0 fully saturated rings. The molecule has 2 unspecified atom stereocenters. The zero-order valence-electron chi connectivity index (χ0n) is 22.4. The number of nitrogens with zero attached hydrogens (tertiary/aromatic N) is 1. The summed E-state index contributed by atoms with van der Waals surface area (Å²) in [5.74, 6) is 0.0651. The van der Waals surface area contributed by atoms with Crippen LogP contribution >= 0.6 is 0 Å². The van der Waals surface area contributed by atoms with E-state index in [0.717, 1.165) is 24.1 Å². The first-order chi connectivity index (χ1) is 16.1. The van der Waals surface area contributed by atoms with Crippen LogP contribution in [0.15, 0.2) is 24.6 Å². The van der Waals surface area contributed by atoms with Crippen LogP contribution in [-0.4, -0.2) is 36.2 Å². The molecule has 1 amide bonds. The van der Waals surface area contributed by atoms with Crippen LogP contribution in [0.4, 0.5) is 0 Å². The van der Waals surface area contributed by atoms with Gasteiger partial charge in [0.1, 0.15) is 12.7 Å². The quantitative estimate of drug-likeness (QED) is 0.0989. The van der Waals surface area contributed by atoms with E-state index in [-0.39, 0.29) is 5.91 Å². The van der Waals surface area contributed by atoms with Crippen LogP contribution in [0.3, 0.4) is 0 Å². The van der Waals surface area contributed by atoms with E-state index in [4.69, 9.17) is 0 Å². The van der Waals surface area contributed by atoms with Crippen LogP contribution in [-0.2, 0) is 4.79 Å². The first-order valence-electron chi connectivity index (χ1n) is 14.3. The molecule has 4 heteroatoms. The molecular formula is C29H56N3O+. The Labute approximate surface area is 206 Å². The maximum Gasteiger partial charge on any atom is 0.217 e. The number of amides is 1. The number of unbranched alkanes of at least 4 members (excludes halogenated alkanes) is 14. The number of hydrogen-bond acceptors (Lipinski definition) is 2. The van der Waals surface area contributed by atoms with Crippen molar-refractivity contribution in [3.05, 3.63) is 24.6 Å². The second-order valence-electron chi connectivity index (χ2n) is 10.1. The molecule has 33 heavy (non-hydrogen) atoms. The van der Waals surface area contributed by atoms with Crippen LogP contribution in [0.1, 0.15) is 130 Å². The largest absolute Gasteiger partial charge is 0.351 e. The zero-order valence-corrected chi connectivity index (χ0v) is 22.4. The first kappa shape index (κ1) is 29.7. The van der Waals surface area contributed by atoms with Crippen molar-refractivity contribution in [1.82, 2.24) is 10.6 Å². The molecule has 0 aliphatic carbocycles. The van der Waals surface area contributed by atoms with Crippen molar-refractivity contribution in [2.75, 3.05) is 19.6 Å². The predicted octanol–water partition coefficient (Wildman–Crippen LogP) is 7.57. The van der Waals surface area contributed by atoms with Crippen molar-refractivity contribution < 1.29 is 9.28 Å². The molecular weight excluding hydrogens is 406 g/mol. The van der Waals surface area contributed by atoms with Crippen molar-refractivity contribution in [2.24, 2.45) is 0 Å². The highest BCUT2D eigenvalue weighted by molar-refractivity contribution is 5.72. The minimum atomic E-state index is 0.0651. The Hall–Kier alpha value is -1.29. The summed E-state index contributed by atoms with van der Waals surface area (Å²) in [6.07, 6.45) is 32.9. The molecule has 192 valence electrons. The van der Waals surface area contributed by atoms with Gasteiger partial charge in [-0.25, -0.2) is 0 Å². The Morgan fingerprint density at radius 1 is 0.848 bits per heavy atom. The van der Waals surface area contributed by atoms with Gasteiger partial charge in [-0.05, 0) is 39.0 Å². The summed E-state index contributed by atoms with van der Waals surface area (Å²) in [4.78, 5) is 11.2. The fraction of sp³-hybridized carbons (Fsp3) is 0.828. The van der Waals surface area contributed by atoms with Gasteiger partial charge in [-0.1, -0.05) is 89.7 Å². The zero-order chi connectivity index (χ0) is 24.0. The van der Waals surface area contributed by atoms with Gasteiger partial charge in [-0.15, -0.1) is 0 Å². The van der Waals surface area contributed by atoms with Crippen LogP contribution in [0.2, 0.25) is 0 Å². The van der Waals surface area contributed by atoms with Gasteiger partial charge in [0.2, 0.25) is 5.91 Å². The molecule has 2 N–H and O–H groups in total. The normalized spacial score (nSPS) is 19.9. The summed E-state index contributed by atoms with van der Waals surface area (Å²) >= 11 is 0. The third kappa shape index (κ3) is 14.6. The number of carbonyl (C=O) groups excluding carboxylic acids is 1. The standard InChI is InChI=1S/C29H55N3O/c1-4-6-7-8-9-10-11-12-13-14-15-16-17-18-19-20-21-22-23-29-31-25-27-32(29,5-2)26-24-30-28(3)33/h15-16,25,27,29,31H,4-14,17-24,26H2,1-3H3/p+1/b16-15+. The predicted molar refractivity (Wildman–Crippen MR) is 144 cm³/mol. The van der Waals surface area contributed by atoms with Crippen LogP contribution in [0, 0.1) is 0 Å². The molecule has 1 heterocycles. The van der Waals surface area contributed by atoms with E-state index < -0.39 is 0 Å². The van der Waals surface area contributed by atoms with E-state index in [1.807, 2.05) is 0 Å².